The quantitative estimate of drug-likeness (QED) is 0.693. The van der Waals surface area contributed by atoms with Crippen LogP contribution in [0.3, 0.4) is 0 Å². The molecular weight excluding hydrogens is 204 g/mol. The second kappa shape index (κ2) is 4.39. The number of nitrogens with zero attached hydrogens (tertiary/aromatic N) is 1. The number of hydrogen-bond acceptors (Lipinski definition) is 4. The molecule has 0 radical (unpaired) electrons. The number of nitrogens with one attached hydrogen (secondary N) is 1. The third-order valence-electron chi connectivity index (χ3n) is 1.30. The average Bonchev–Trinajstić information content (AvgIpc) is 2.62. The van der Waals surface area contributed by atoms with Crippen molar-refractivity contribution in [1.29, 1.82) is 0 Å². The number of carboxylic acid groups (broad SMARTS) is 1. The summed E-state index contributed by atoms with van der Waals surface area (Å²) < 4.78 is 0. The average molecular weight is 210 g/mol. The first kappa shape index (κ1) is 10.2. The Kier molecular flexibility index (Phi) is 3.20. The number of hydrogen-bond donors (Lipinski definition) is 2. The lowest BCUT2D eigenvalue weighted by Gasteiger charge is -1.94. The van der Waals surface area contributed by atoms with Crippen molar-refractivity contribution in [3.8, 4) is 12.3 Å². The minimum absolute atomic E-state index is 0.0278. The van der Waals surface area contributed by atoms with Gasteiger partial charge in [-0.1, -0.05) is 0 Å². The first-order chi connectivity index (χ1) is 6.63. The van der Waals surface area contributed by atoms with E-state index >= 15 is 0 Å². The number of carbonyl (C=O) groups is 2. The summed E-state index contributed by atoms with van der Waals surface area (Å²) in [6.07, 6.45) is 4.82. The number of aromatic nitrogens is 1. The highest BCUT2D eigenvalue weighted by Crippen LogP contribution is 2.08. The molecule has 5 nitrogen and oxygen atoms in total. The molecule has 6 heteroatoms. The smallest absolute Gasteiger partial charge is 0.355 e. The molecule has 0 aromatic carbocycles. The van der Waals surface area contributed by atoms with Crippen LogP contribution in [-0.4, -0.2) is 22.0 Å². The second-order valence-electron chi connectivity index (χ2n) is 2.26. The van der Waals surface area contributed by atoms with E-state index in [9.17, 15) is 9.59 Å². The van der Waals surface area contributed by atoms with Gasteiger partial charge in [0, 0.05) is 5.38 Å². The highest BCUT2D eigenvalue weighted by molar-refractivity contribution is 7.09. The van der Waals surface area contributed by atoms with Crippen LogP contribution in [0, 0.1) is 12.3 Å². The van der Waals surface area contributed by atoms with Crippen LogP contribution in [0.2, 0.25) is 0 Å². The molecule has 0 atom stereocenters. The monoisotopic (exact) mass is 210 g/mol. The summed E-state index contributed by atoms with van der Waals surface area (Å²) in [7, 11) is 0. The van der Waals surface area contributed by atoms with Crippen LogP contribution in [0.4, 0.5) is 0 Å². The molecule has 1 rings (SSSR count). The lowest BCUT2D eigenvalue weighted by Crippen LogP contribution is -2.20. The number of amides is 1. The third kappa shape index (κ3) is 2.57. The van der Waals surface area contributed by atoms with Crippen LogP contribution in [0.15, 0.2) is 5.38 Å². The molecule has 0 unspecified atom stereocenters. The van der Waals surface area contributed by atoms with Gasteiger partial charge in [-0.05, 0) is 5.92 Å². The van der Waals surface area contributed by atoms with Gasteiger partial charge < -0.3 is 10.4 Å². The Morgan fingerprint density at radius 1 is 1.71 bits per heavy atom. The Hall–Kier alpha value is -1.87. The molecule has 14 heavy (non-hydrogen) atoms. The highest BCUT2D eigenvalue weighted by atomic mass is 32.1. The van der Waals surface area contributed by atoms with Crippen LogP contribution in [0.25, 0.3) is 0 Å². The minimum atomic E-state index is -1.09. The summed E-state index contributed by atoms with van der Waals surface area (Å²) >= 11 is 1.16. The van der Waals surface area contributed by atoms with Crippen molar-refractivity contribution < 1.29 is 14.7 Å². The fourth-order valence-corrected chi connectivity index (χ4v) is 1.40. The summed E-state index contributed by atoms with van der Waals surface area (Å²) in [6.45, 7) is 0.154. The predicted molar refractivity (Wildman–Crippen MR) is 49.8 cm³/mol. The number of aromatic carboxylic acids is 1. The van der Waals surface area contributed by atoms with E-state index in [0.717, 1.165) is 11.3 Å². The minimum Gasteiger partial charge on any atom is -0.476 e. The van der Waals surface area contributed by atoms with Crippen molar-refractivity contribution in [2.75, 3.05) is 0 Å². The first-order valence-electron chi connectivity index (χ1n) is 3.55. The lowest BCUT2D eigenvalue weighted by molar-refractivity contribution is -0.115. The number of carboxylic acids is 1. The molecule has 1 aromatic rings. The molecule has 1 amide bonds. The Balaban J connectivity index is 2.57. The van der Waals surface area contributed by atoms with E-state index in [-0.39, 0.29) is 12.2 Å². The van der Waals surface area contributed by atoms with Crippen LogP contribution in [0.1, 0.15) is 15.5 Å². The molecule has 2 N–H and O–H groups in total. The first-order valence-corrected chi connectivity index (χ1v) is 4.43. The number of carbonyl (C=O) groups excluding carboxylic acids is 1. The van der Waals surface area contributed by atoms with Gasteiger partial charge in [0.2, 0.25) is 0 Å². The molecule has 1 aromatic heterocycles. The summed E-state index contributed by atoms with van der Waals surface area (Å²) in [4.78, 5) is 24.8. The van der Waals surface area contributed by atoms with Gasteiger partial charge in [-0.2, -0.15) is 0 Å². The summed E-state index contributed by atoms with van der Waals surface area (Å²) in [6, 6.07) is 0. The van der Waals surface area contributed by atoms with Gasteiger partial charge in [-0.15, -0.1) is 17.8 Å². The van der Waals surface area contributed by atoms with Crippen molar-refractivity contribution in [2.45, 2.75) is 6.54 Å². The standard InChI is InChI=1S/C8H6N2O3S/c1-2-6(11)9-3-7-10-5(4-14-7)8(12)13/h1,4H,3H2,(H,9,11)(H,12,13). The van der Waals surface area contributed by atoms with Gasteiger partial charge in [-0.25, -0.2) is 9.78 Å². The zero-order valence-electron chi connectivity index (χ0n) is 6.98. The molecule has 0 aliphatic carbocycles. The Bertz CT molecular complexity index is 405. The molecule has 0 fully saturated rings. The van der Waals surface area contributed by atoms with Gasteiger partial charge in [0.1, 0.15) is 5.01 Å². The molecule has 0 saturated heterocycles. The third-order valence-corrected chi connectivity index (χ3v) is 2.15. The van der Waals surface area contributed by atoms with Gasteiger partial charge in [0.05, 0.1) is 6.54 Å². The predicted octanol–water partition coefficient (Wildman–Crippen LogP) is 0.0907. The van der Waals surface area contributed by atoms with E-state index in [0.29, 0.717) is 5.01 Å². The Morgan fingerprint density at radius 2 is 2.43 bits per heavy atom. The van der Waals surface area contributed by atoms with E-state index in [2.05, 4.69) is 10.3 Å². The fourth-order valence-electron chi connectivity index (χ4n) is 0.697. The Morgan fingerprint density at radius 3 is 2.93 bits per heavy atom. The van der Waals surface area contributed by atoms with E-state index in [1.54, 1.807) is 0 Å². The number of thiazole rings is 1. The number of rotatable bonds is 3. The summed E-state index contributed by atoms with van der Waals surface area (Å²) in [5.41, 5.74) is -0.0278. The molecular formula is C8H6N2O3S. The van der Waals surface area contributed by atoms with Crippen molar-refractivity contribution in [3.63, 3.8) is 0 Å². The van der Waals surface area contributed by atoms with Crippen molar-refractivity contribution in [2.24, 2.45) is 0 Å². The molecule has 72 valence electrons. The van der Waals surface area contributed by atoms with E-state index in [4.69, 9.17) is 11.5 Å². The molecule has 0 bridgehead atoms. The van der Waals surface area contributed by atoms with Crippen LogP contribution < -0.4 is 5.32 Å². The second-order valence-corrected chi connectivity index (χ2v) is 3.20. The van der Waals surface area contributed by atoms with Crippen molar-refractivity contribution in [3.05, 3.63) is 16.1 Å². The molecule has 0 aliphatic heterocycles. The number of terminal acetylenes is 1. The van der Waals surface area contributed by atoms with Crippen molar-refractivity contribution in [1.82, 2.24) is 10.3 Å². The zero-order valence-corrected chi connectivity index (χ0v) is 7.80. The maximum atomic E-state index is 10.6. The lowest BCUT2D eigenvalue weighted by atomic mass is 10.5. The SMILES string of the molecule is C#CC(=O)NCc1nc(C(=O)O)cs1. The fraction of sp³-hybridized carbons (Fsp3) is 0.125. The topological polar surface area (TPSA) is 79.3 Å². The van der Waals surface area contributed by atoms with Crippen LogP contribution >= 0.6 is 11.3 Å². The maximum Gasteiger partial charge on any atom is 0.355 e. The summed E-state index contributed by atoms with van der Waals surface area (Å²) in [5, 5.41) is 12.8. The molecule has 0 spiro atoms. The highest BCUT2D eigenvalue weighted by Gasteiger charge is 2.08. The van der Waals surface area contributed by atoms with Gasteiger partial charge in [0.15, 0.2) is 5.69 Å². The summed E-state index contributed by atoms with van der Waals surface area (Å²) in [5.74, 6) is 0.244. The van der Waals surface area contributed by atoms with Crippen LogP contribution in [0.5, 0.6) is 0 Å². The maximum absolute atomic E-state index is 10.6. The van der Waals surface area contributed by atoms with Gasteiger partial charge in [0.25, 0.3) is 5.91 Å². The molecule has 1 heterocycles. The molecule has 0 aliphatic rings. The Labute approximate surface area is 83.8 Å². The van der Waals surface area contributed by atoms with E-state index in [1.165, 1.54) is 5.38 Å². The van der Waals surface area contributed by atoms with Gasteiger partial charge in [-0.3, -0.25) is 4.79 Å². The normalized spacial score (nSPS) is 9.07. The van der Waals surface area contributed by atoms with E-state index < -0.39 is 11.9 Å². The van der Waals surface area contributed by atoms with Crippen molar-refractivity contribution >= 4 is 23.2 Å². The van der Waals surface area contributed by atoms with Gasteiger partial charge >= 0.3 is 5.97 Å². The zero-order chi connectivity index (χ0) is 10.6. The molecule has 0 saturated carbocycles. The van der Waals surface area contributed by atoms with E-state index in [1.807, 2.05) is 5.92 Å². The largest absolute Gasteiger partial charge is 0.476 e. The van der Waals surface area contributed by atoms with Crippen LogP contribution in [-0.2, 0) is 11.3 Å².